The van der Waals surface area contributed by atoms with E-state index in [0.717, 1.165) is 84.6 Å². The lowest BCUT2D eigenvalue weighted by Gasteiger charge is -2.13. The van der Waals surface area contributed by atoms with Crippen LogP contribution in [0.4, 0.5) is 0 Å². The van der Waals surface area contributed by atoms with Gasteiger partial charge in [0.05, 0.1) is 33.0 Å². The average Bonchev–Trinajstić information content (AvgIpc) is 3.95. The Bertz CT molecular complexity index is 3480. The molecule has 0 bridgehead atoms. The maximum absolute atomic E-state index is 6.69. The lowest BCUT2D eigenvalue weighted by molar-refractivity contribution is 0.669. The fourth-order valence-corrected chi connectivity index (χ4v) is 8.95. The Labute approximate surface area is 326 Å². The van der Waals surface area contributed by atoms with E-state index in [1.165, 1.54) is 21.4 Å². The molecular weight excluding hydrogens is 699 g/mol. The van der Waals surface area contributed by atoms with Gasteiger partial charge in [0.15, 0.2) is 11.6 Å². The second-order valence-electron chi connectivity index (χ2n) is 14.7. The Morgan fingerprint density at radius 1 is 0.439 bits per heavy atom. The Kier molecular flexibility index (Phi) is 6.95. The number of hydrogen-bond acceptors (Lipinski definition) is 4. The zero-order valence-corrected chi connectivity index (χ0v) is 30.8. The van der Waals surface area contributed by atoms with Crippen LogP contribution in [0, 0.1) is 0 Å². The molecule has 4 heterocycles. The molecule has 0 amide bonds. The minimum absolute atomic E-state index is 0.580. The monoisotopic (exact) mass is 731 g/mol. The molecule has 1 aliphatic rings. The summed E-state index contributed by atoms with van der Waals surface area (Å²) < 4.78 is 11.3. The number of para-hydroxylation sites is 3. The highest BCUT2D eigenvalue weighted by Gasteiger charge is 2.23. The Morgan fingerprint density at radius 3 is 1.82 bits per heavy atom. The van der Waals surface area contributed by atoms with Crippen LogP contribution in [0.2, 0.25) is 0 Å². The maximum atomic E-state index is 6.69. The van der Waals surface area contributed by atoms with Crippen LogP contribution in [-0.4, -0.2) is 24.1 Å². The topological polar surface area (TPSA) is 61.7 Å². The molecule has 4 aromatic heterocycles. The van der Waals surface area contributed by atoms with Crippen LogP contribution in [0.3, 0.4) is 0 Å². The van der Waals surface area contributed by atoms with Crippen LogP contribution in [0.5, 0.6) is 0 Å². The number of aromatic nitrogens is 5. The van der Waals surface area contributed by atoms with E-state index < -0.39 is 0 Å². The first-order valence-electron chi connectivity index (χ1n) is 19.4. The van der Waals surface area contributed by atoms with Crippen molar-refractivity contribution in [1.29, 1.82) is 0 Å². The van der Waals surface area contributed by atoms with Gasteiger partial charge in [0.1, 0.15) is 11.2 Å². The van der Waals surface area contributed by atoms with Crippen molar-refractivity contribution in [1.82, 2.24) is 24.1 Å². The van der Waals surface area contributed by atoms with Crippen LogP contribution in [0.25, 0.3) is 112 Å². The van der Waals surface area contributed by atoms with E-state index in [0.29, 0.717) is 17.6 Å². The quantitative estimate of drug-likeness (QED) is 0.177. The summed E-state index contributed by atoms with van der Waals surface area (Å²) in [7, 11) is 0. The summed E-state index contributed by atoms with van der Waals surface area (Å²) in [5, 5.41) is 7.92. The van der Waals surface area contributed by atoms with Gasteiger partial charge < -0.3 is 8.98 Å². The molecule has 6 heteroatoms. The third-order valence-electron chi connectivity index (χ3n) is 11.4. The van der Waals surface area contributed by atoms with Crippen LogP contribution >= 0.6 is 0 Å². The van der Waals surface area contributed by atoms with Crippen LogP contribution in [0.15, 0.2) is 168 Å². The largest absolute Gasteiger partial charge is 0.456 e. The minimum atomic E-state index is 0.580. The molecule has 57 heavy (non-hydrogen) atoms. The number of furan rings is 1. The van der Waals surface area contributed by atoms with Gasteiger partial charge in [0, 0.05) is 37.9 Å². The van der Waals surface area contributed by atoms with E-state index in [1.54, 1.807) is 0 Å². The van der Waals surface area contributed by atoms with Crippen LogP contribution in [0.1, 0.15) is 12.8 Å². The van der Waals surface area contributed by atoms with Gasteiger partial charge in [-0.25, -0.2) is 4.98 Å². The molecule has 6 nitrogen and oxygen atoms in total. The van der Waals surface area contributed by atoms with Gasteiger partial charge in [-0.2, -0.15) is 9.97 Å². The van der Waals surface area contributed by atoms with E-state index in [4.69, 9.17) is 19.4 Å². The van der Waals surface area contributed by atoms with Gasteiger partial charge in [-0.15, -0.1) is 0 Å². The fraction of sp³-hybridized carbons (Fsp3) is 0.0392. The van der Waals surface area contributed by atoms with Crippen molar-refractivity contribution in [3.63, 3.8) is 0 Å². The number of rotatable bonds is 5. The summed E-state index contributed by atoms with van der Waals surface area (Å²) in [4.78, 5) is 16.0. The van der Waals surface area contributed by atoms with Crippen molar-refractivity contribution in [2.45, 2.75) is 12.8 Å². The molecule has 1 aliphatic carbocycles. The summed E-state index contributed by atoms with van der Waals surface area (Å²) in [6.07, 6.45) is 6.62. The van der Waals surface area contributed by atoms with Crippen molar-refractivity contribution < 1.29 is 4.42 Å². The Balaban J connectivity index is 1.17. The van der Waals surface area contributed by atoms with E-state index in [-0.39, 0.29) is 0 Å². The van der Waals surface area contributed by atoms with E-state index in [9.17, 15) is 0 Å². The lowest BCUT2D eigenvalue weighted by Crippen LogP contribution is -2.31. The van der Waals surface area contributed by atoms with Gasteiger partial charge >= 0.3 is 0 Å². The van der Waals surface area contributed by atoms with Crippen molar-refractivity contribution in [3.05, 3.63) is 174 Å². The predicted octanol–water partition coefficient (Wildman–Crippen LogP) is 11.2. The molecular formula is C51H33N5O. The normalized spacial score (nSPS) is 12.7. The first-order chi connectivity index (χ1) is 28.3. The van der Waals surface area contributed by atoms with Crippen molar-refractivity contribution >= 4 is 66.8 Å². The standard InChI is InChI=1S/C51H33N5O/c1-2-15-32(16-3-1)33-17-12-18-34(31-33)49-52-50(54-51(53-49)56-42-26-10-6-21-37(42)38-22-7-11-27-43(38)56)39-23-13-29-45-47(39)48-44(28-14-30-46(48)57-45)55-40-24-8-4-19-35(40)36-20-5-9-25-41(36)55/h1-6,8-10,12-31H,7,11H2. The van der Waals surface area contributed by atoms with Gasteiger partial charge in [-0.05, 0) is 66.4 Å². The molecule has 0 N–H and O–H groups in total. The van der Waals surface area contributed by atoms with Gasteiger partial charge in [-0.3, -0.25) is 4.57 Å². The molecule has 7 aromatic carbocycles. The second-order valence-corrected chi connectivity index (χ2v) is 14.7. The van der Waals surface area contributed by atoms with E-state index >= 15 is 0 Å². The van der Waals surface area contributed by atoms with Crippen LogP contribution in [-0.2, 0) is 0 Å². The molecule has 0 atom stereocenters. The van der Waals surface area contributed by atoms with E-state index in [2.05, 4.69) is 167 Å². The average molecular weight is 732 g/mol. The summed E-state index contributed by atoms with van der Waals surface area (Å²) >= 11 is 0. The lowest BCUT2D eigenvalue weighted by atomic mass is 10.0. The Morgan fingerprint density at radius 2 is 1.04 bits per heavy atom. The van der Waals surface area contributed by atoms with Crippen molar-refractivity contribution in [2.24, 2.45) is 0 Å². The molecule has 0 unspecified atom stereocenters. The summed E-state index contributed by atoms with van der Waals surface area (Å²) in [6, 6.07) is 57.2. The number of hydrogen-bond donors (Lipinski definition) is 0. The fourth-order valence-electron chi connectivity index (χ4n) is 8.95. The molecule has 0 fully saturated rings. The van der Waals surface area contributed by atoms with E-state index in [1.807, 2.05) is 18.2 Å². The number of nitrogens with zero attached hydrogens (tertiary/aromatic N) is 5. The molecule has 0 saturated heterocycles. The zero-order valence-electron chi connectivity index (χ0n) is 30.8. The smallest absolute Gasteiger partial charge is 0.238 e. The summed E-state index contributed by atoms with van der Waals surface area (Å²) in [5.41, 5.74) is 9.99. The molecule has 0 saturated carbocycles. The van der Waals surface area contributed by atoms with Gasteiger partial charge in [-0.1, -0.05) is 133 Å². The van der Waals surface area contributed by atoms with Gasteiger partial charge in [0.25, 0.3) is 0 Å². The number of benzene rings is 7. The van der Waals surface area contributed by atoms with Crippen LogP contribution < -0.4 is 10.6 Å². The summed E-state index contributed by atoms with van der Waals surface area (Å²) in [6.45, 7) is 0. The minimum Gasteiger partial charge on any atom is -0.456 e. The zero-order chi connectivity index (χ0) is 37.5. The SMILES string of the molecule is C1=c2c(n(-c3nc(-c4cccc(-c5ccccc5)c4)nc(-c4cccc5oc6cccc(-n7c8ccccc8c8ccccc87)c6c45)n3)c3ccccc23)=CCC1. The first-order valence-corrected chi connectivity index (χ1v) is 19.4. The second kappa shape index (κ2) is 12.5. The van der Waals surface area contributed by atoms with Crippen molar-refractivity contribution in [2.75, 3.05) is 0 Å². The number of fused-ring (bicyclic) bond motifs is 9. The molecule has 0 spiro atoms. The maximum Gasteiger partial charge on any atom is 0.238 e. The summed E-state index contributed by atoms with van der Waals surface area (Å²) in [5.74, 6) is 1.76. The third kappa shape index (κ3) is 4.87. The molecule has 0 aliphatic heterocycles. The van der Waals surface area contributed by atoms with Gasteiger partial charge in [0.2, 0.25) is 5.95 Å². The predicted molar refractivity (Wildman–Crippen MR) is 232 cm³/mol. The molecule has 12 rings (SSSR count). The highest BCUT2D eigenvalue weighted by Crippen LogP contribution is 2.42. The molecule has 11 aromatic rings. The van der Waals surface area contributed by atoms with Crippen molar-refractivity contribution in [3.8, 4) is 45.5 Å². The third-order valence-corrected chi connectivity index (χ3v) is 11.4. The highest BCUT2D eigenvalue weighted by atomic mass is 16.3. The highest BCUT2D eigenvalue weighted by molar-refractivity contribution is 6.17. The molecule has 0 radical (unpaired) electrons. The Hall–Kier alpha value is -7.57. The molecule has 268 valence electrons. The first kappa shape index (κ1) is 31.7.